The summed E-state index contributed by atoms with van der Waals surface area (Å²) in [6, 6.07) is 7.78. The van der Waals surface area contributed by atoms with Crippen LogP contribution in [0.3, 0.4) is 0 Å². The summed E-state index contributed by atoms with van der Waals surface area (Å²) in [4.78, 5) is 0. The molecule has 2 rings (SSSR count). The maximum atomic E-state index is 5.79. The highest BCUT2D eigenvalue weighted by Gasteiger charge is 2.07. The Hall–Kier alpha value is -1.42. The lowest BCUT2D eigenvalue weighted by Crippen LogP contribution is -2.07. The van der Waals surface area contributed by atoms with Crippen LogP contribution in [0.15, 0.2) is 30.6 Å². The van der Waals surface area contributed by atoms with E-state index in [1.54, 1.807) is 11.0 Å². The molecule has 1 heterocycles. The van der Waals surface area contributed by atoms with Gasteiger partial charge in [0.05, 0.1) is 6.04 Å². The first-order valence-corrected chi connectivity index (χ1v) is 4.63. The van der Waals surface area contributed by atoms with Gasteiger partial charge in [0, 0.05) is 5.02 Å². The van der Waals surface area contributed by atoms with Gasteiger partial charge in [0.1, 0.15) is 6.33 Å². The molecule has 0 aliphatic heterocycles. The van der Waals surface area contributed by atoms with E-state index in [1.807, 2.05) is 31.2 Å². The van der Waals surface area contributed by atoms with Gasteiger partial charge in [0.25, 0.3) is 0 Å². The van der Waals surface area contributed by atoms with Gasteiger partial charge in [-0.3, -0.25) is 0 Å². The normalized spacial score (nSPS) is 12.7. The predicted molar refractivity (Wildman–Crippen MR) is 53.1 cm³/mol. The molecular weight excluding hydrogens is 200 g/mol. The fourth-order valence-corrected chi connectivity index (χ4v) is 1.37. The number of halogens is 1. The molecule has 1 atom stereocenters. The molecule has 0 aliphatic rings. The van der Waals surface area contributed by atoms with Crippen LogP contribution in [0.25, 0.3) is 0 Å². The van der Waals surface area contributed by atoms with Gasteiger partial charge in [-0.1, -0.05) is 23.7 Å². The number of benzene rings is 1. The van der Waals surface area contributed by atoms with E-state index in [-0.39, 0.29) is 6.04 Å². The first-order valence-electron chi connectivity index (χ1n) is 4.25. The second-order valence-corrected chi connectivity index (χ2v) is 3.45. The van der Waals surface area contributed by atoms with Gasteiger partial charge in [0.15, 0.2) is 0 Å². The van der Waals surface area contributed by atoms with Crippen LogP contribution in [-0.2, 0) is 0 Å². The third-order valence-electron chi connectivity index (χ3n) is 2.11. The molecule has 0 spiro atoms. The molecule has 0 radical (unpaired) electrons. The molecule has 0 saturated heterocycles. The van der Waals surface area contributed by atoms with Crippen LogP contribution in [0.5, 0.6) is 0 Å². The standard InChI is InChI=1S/C9H9ClN4/c1-7(14-6-11-12-13-14)8-2-4-9(10)5-3-8/h2-7H,1H3/t7-/m1/s1. The number of nitrogens with zero attached hydrogens (tertiary/aromatic N) is 4. The Labute approximate surface area is 86.5 Å². The zero-order valence-electron chi connectivity index (χ0n) is 7.63. The molecular formula is C9H9ClN4. The SMILES string of the molecule is C[C@H](c1ccc(Cl)cc1)n1cnnn1. The second-order valence-electron chi connectivity index (χ2n) is 3.02. The van der Waals surface area contributed by atoms with Gasteiger partial charge in [-0.05, 0) is 35.0 Å². The molecule has 14 heavy (non-hydrogen) atoms. The zero-order chi connectivity index (χ0) is 9.97. The van der Waals surface area contributed by atoms with Crippen LogP contribution < -0.4 is 0 Å². The first kappa shape index (κ1) is 9.15. The maximum Gasteiger partial charge on any atom is 0.138 e. The Morgan fingerprint density at radius 2 is 2.00 bits per heavy atom. The summed E-state index contributed by atoms with van der Waals surface area (Å²) in [5, 5.41) is 11.8. The van der Waals surface area contributed by atoms with Gasteiger partial charge >= 0.3 is 0 Å². The van der Waals surface area contributed by atoms with Gasteiger partial charge in [-0.15, -0.1) is 5.10 Å². The van der Waals surface area contributed by atoms with E-state index in [4.69, 9.17) is 11.6 Å². The molecule has 1 aromatic heterocycles. The van der Waals surface area contributed by atoms with Gasteiger partial charge in [-0.2, -0.15) is 0 Å². The van der Waals surface area contributed by atoms with Crippen LogP contribution in [0.4, 0.5) is 0 Å². The molecule has 1 aromatic carbocycles. The predicted octanol–water partition coefficient (Wildman–Crippen LogP) is 1.94. The third-order valence-corrected chi connectivity index (χ3v) is 2.37. The molecule has 2 aromatic rings. The van der Waals surface area contributed by atoms with E-state index < -0.39 is 0 Å². The zero-order valence-corrected chi connectivity index (χ0v) is 8.39. The van der Waals surface area contributed by atoms with Crippen LogP contribution in [0, 0.1) is 0 Å². The molecule has 5 heteroatoms. The average Bonchev–Trinajstić information content (AvgIpc) is 2.71. The summed E-state index contributed by atoms with van der Waals surface area (Å²) in [5.41, 5.74) is 1.13. The summed E-state index contributed by atoms with van der Waals surface area (Å²) in [5.74, 6) is 0. The summed E-state index contributed by atoms with van der Waals surface area (Å²) in [7, 11) is 0. The number of aromatic nitrogens is 4. The second kappa shape index (κ2) is 3.75. The van der Waals surface area contributed by atoms with Crippen molar-refractivity contribution < 1.29 is 0 Å². The maximum absolute atomic E-state index is 5.79. The Morgan fingerprint density at radius 3 is 2.57 bits per heavy atom. The summed E-state index contributed by atoms with van der Waals surface area (Å²) < 4.78 is 1.70. The van der Waals surface area contributed by atoms with Crippen LogP contribution in [-0.4, -0.2) is 20.2 Å². The summed E-state index contributed by atoms with van der Waals surface area (Å²) >= 11 is 5.79. The topological polar surface area (TPSA) is 43.6 Å². The van der Waals surface area contributed by atoms with Crippen molar-refractivity contribution in [2.24, 2.45) is 0 Å². The van der Waals surface area contributed by atoms with Crippen molar-refractivity contribution in [1.29, 1.82) is 0 Å². The fraction of sp³-hybridized carbons (Fsp3) is 0.222. The van der Waals surface area contributed by atoms with Crippen molar-refractivity contribution in [1.82, 2.24) is 20.2 Å². The van der Waals surface area contributed by atoms with Gasteiger partial charge in [0.2, 0.25) is 0 Å². The molecule has 0 fully saturated rings. The molecule has 4 nitrogen and oxygen atoms in total. The van der Waals surface area contributed by atoms with E-state index in [0.717, 1.165) is 10.6 Å². The summed E-state index contributed by atoms with van der Waals surface area (Å²) in [6.45, 7) is 2.03. The molecule has 72 valence electrons. The van der Waals surface area contributed by atoms with Crippen molar-refractivity contribution in [3.05, 3.63) is 41.2 Å². The molecule has 0 amide bonds. The Kier molecular flexibility index (Phi) is 2.45. The Bertz CT molecular complexity index is 395. The van der Waals surface area contributed by atoms with Crippen molar-refractivity contribution in [3.63, 3.8) is 0 Å². The van der Waals surface area contributed by atoms with Gasteiger partial charge in [-0.25, -0.2) is 4.68 Å². The van der Waals surface area contributed by atoms with E-state index in [9.17, 15) is 0 Å². The third kappa shape index (κ3) is 1.75. The van der Waals surface area contributed by atoms with Crippen molar-refractivity contribution in [3.8, 4) is 0 Å². The minimum atomic E-state index is 0.127. The molecule has 0 bridgehead atoms. The smallest absolute Gasteiger partial charge is 0.138 e. The highest BCUT2D eigenvalue weighted by Crippen LogP contribution is 2.18. The van der Waals surface area contributed by atoms with E-state index in [1.165, 1.54) is 0 Å². The van der Waals surface area contributed by atoms with Crippen molar-refractivity contribution in [2.75, 3.05) is 0 Å². The van der Waals surface area contributed by atoms with Crippen LogP contribution in [0.2, 0.25) is 5.02 Å². The minimum absolute atomic E-state index is 0.127. The lowest BCUT2D eigenvalue weighted by Gasteiger charge is -2.10. The monoisotopic (exact) mass is 208 g/mol. The highest BCUT2D eigenvalue weighted by molar-refractivity contribution is 6.30. The molecule has 0 aliphatic carbocycles. The number of hydrogen-bond donors (Lipinski definition) is 0. The average molecular weight is 209 g/mol. The van der Waals surface area contributed by atoms with Crippen LogP contribution in [0.1, 0.15) is 18.5 Å². The Morgan fingerprint density at radius 1 is 1.29 bits per heavy atom. The number of tetrazole rings is 1. The molecule has 0 saturated carbocycles. The fourth-order valence-electron chi connectivity index (χ4n) is 1.24. The molecule has 0 N–H and O–H groups in total. The van der Waals surface area contributed by atoms with Crippen LogP contribution >= 0.6 is 11.6 Å². The highest BCUT2D eigenvalue weighted by atomic mass is 35.5. The quantitative estimate of drug-likeness (QED) is 0.758. The Balaban J connectivity index is 2.28. The van der Waals surface area contributed by atoms with E-state index >= 15 is 0 Å². The number of rotatable bonds is 2. The van der Waals surface area contributed by atoms with E-state index in [0.29, 0.717) is 0 Å². The van der Waals surface area contributed by atoms with Crippen molar-refractivity contribution >= 4 is 11.6 Å². The van der Waals surface area contributed by atoms with Gasteiger partial charge < -0.3 is 0 Å². The summed E-state index contributed by atoms with van der Waals surface area (Å²) in [6.07, 6.45) is 1.60. The number of hydrogen-bond acceptors (Lipinski definition) is 3. The lowest BCUT2D eigenvalue weighted by atomic mass is 10.1. The molecule has 0 unspecified atom stereocenters. The lowest BCUT2D eigenvalue weighted by molar-refractivity contribution is 0.543. The first-order chi connectivity index (χ1) is 6.77. The largest absolute Gasteiger partial charge is 0.225 e. The van der Waals surface area contributed by atoms with Crippen molar-refractivity contribution in [2.45, 2.75) is 13.0 Å². The van der Waals surface area contributed by atoms with E-state index in [2.05, 4.69) is 15.5 Å². The minimum Gasteiger partial charge on any atom is -0.225 e.